The minimum Gasteiger partial charge on any atom is -0.459 e. The summed E-state index contributed by atoms with van der Waals surface area (Å²) < 4.78 is 16.6. The molecule has 1 N–H and O–H groups in total. The van der Waals surface area contributed by atoms with Gasteiger partial charge >= 0.3 is 6.03 Å². The maximum Gasteiger partial charge on any atom is 0.318 e. The fourth-order valence-electron chi connectivity index (χ4n) is 3.13. The number of amides is 2. The first kappa shape index (κ1) is 17.3. The molecule has 0 spiro atoms. The SMILES string of the molecule is CC(NC(=O)N(C)C(C)c1cc2ccccc2o1)c1ccc2c(c1)OCO2. The monoisotopic (exact) mass is 366 g/mol. The number of carbonyl (C=O) groups is 1. The van der Waals surface area contributed by atoms with E-state index in [9.17, 15) is 4.79 Å². The van der Waals surface area contributed by atoms with Crippen molar-refractivity contribution in [3.05, 3.63) is 59.9 Å². The van der Waals surface area contributed by atoms with Crippen molar-refractivity contribution in [2.75, 3.05) is 13.8 Å². The third-order valence-corrected chi connectivity index (χ3v) is 4.99. The third kappa shape index (κ3) is 3.30. The Morgan fingerprint density at radius 3 is 2.67 bits per heavy atom. The third-order valence-electron chi connectivity index (χ3n) is 4.99. The highest BCUT2D eigenvalue weighted by Gasteiger charge is 2.23. The van der Waals surface area contributed by atoms with Crippen LogP contribution in [0.1, 0.15) is 37.3 Å². The first-order valence-corrected chi connectivity index (χ1v) is 8.94. The summed E-state index contributed by atoms with van der Waals surface area (Å²) in [6, 6.07) is 15.0. The fraction of sp³-hybridized carbons (Fsp3) is 0.286. The smallest absolute Gasteiger partial charge is 0.318 e. The number of urea groups is 1. The number of nitrogens with one attached hydrogen (secondary N) is 1. The first-order valence-electron chi connectivity index (χ1n) is 8.94. The van der Waals surface area contributed by atoms with Gasteiger partial charge in [-0.05, 0) is 43.7 Å². The zero-order valence-corrected chi connectivity index (χ0v) is 15.6. The summed E-state index contributed by atoms with van der Waals surface area (Å²) in [7, 11) is 1.76. The van der Waals surface area contributed by atoms with Crippen LogP contribution in [0.2, 0.25) is 0 Å². The number of fused-ring (bicyclic) bond motifs is 2. The second-order valence-corrected chi connectivity index (χ2v) is 6.76. The van der Waals surface area contributed by atoms with Gasteiger partial charge in [-0.15, -0.1) is 0 Å². The highest BCUT2D eigenvalue weighted by atomic mass is 16.7. The van der Waals surface area contributed by atoms with Crippen LogP contribution in [0, 0.1) is 0 Å². The molecule has 2 unspecified atom stereocenters. The molecule has 4 rings (SSSR count). The number of hydrogen-bond donors (Lipinski definition) is 1. The lowest BCUT2D eigenvalue weighted by Crippen LogP contribution is -2.39. The van der Waals surface area contributed by atoms with Gasteiger partial charge in [0.25, 0.3) is 0 Å². The summed E-state index contributed by atoms with van der Waals surface area (Å²) in [5.41, 5.74) is 1.78. The lowest BCUT2D eigenvalue weighted by molar-refractivity contribution is 0.173. The second-order valence-electron chi connectivity index (χ2n) is 6.76. The number of nitrogens with zero attached hydrogens (tertiary/aromatic N) is 1. The highest BCUT2D eigenvalue weighted by molar-refractivity contribution is 5.78. The number of furan rings is 1. The molecular formula is C21H22N2O4. The van der Waals surface area contributed by atoms with Crippen LogP contribution in [0.25, 0.3) is 11.0 Å². The van der Waals surface area contributed by atoms with Gasteiger partial charge < -0.3 is 24.1 Å². The predicted molar refractivity (Wildman–Crippen MR) is 102 cm³/mol. The van der Waals surface area contributed by atoms with Crippen LogP contribution < -0.4 is 14.8 Å². The lowest BCUT2D eigenvalue weighted by Gasteiger charge is -2.26. The average molecular weight is 366 g/mol. The molecule has 27 heavy (non-hydrogen) atoms. The van der Waals surface area contributed by atoms with Gasteiger partial charge in [-0.25, -0.2) is 4.79 Å². The molecule has 140 valence electrons. The molecule has 0 aliphatic carbocycles. The molecule has 0 fully saturated rings. The minimum atomic E-state index is -0.193. The molecule has 0 bridgehead atoms. The zero-order valence-electron chi connectivity index (χ0n) is 15.6. The molecule has 2 amide bonds. The highest BCUT2D eigenvalue weighted by Crippen LogP contribution is 2.34. The zero-order chi connectivity index (χ0) is 19.0. The van der Waals surface area contributed by atoms with E-state index >= 15 is 0 Å². The molecule has 1 aromatic heterocycles. The number of carbonyl (C=O) groups excluding carboxylic acids is 1. The number of para-hydroxylation sites is 1. The van der Waals surface area contributed by atoms with Crippen molar-refractivity contribution in [1.82, 2.24) is 10.2 Å². The van der Waals surface area contributed by atoms with Crippen molar-refractivity contribution < 1.29 is 18.7 Å². The van der Waals surface area contributed by atoms with Crippen molar-refractivity contribution in [3.63, 3.8) is 0 Å². The van der Waals surface area contributed by atoms with E-state index in [1.807, 2.05) is 62.4 Å². The van der Waals surface area contributed by atoms with Crippen LogP contribution in [0.4, 0.5) is 4.79 Å². The molecule has 2 heterocycles. The summed E-state index contributed by atoms with van der Waals surface area (Å²) in [5.74, 6) is 2.19. The molecule has 6 heteroatoms. The number of hydrogen-bond acceptors (Lipinski definition) is 4. The predicted octanol–water partition coefficient (Wildman–Crippen LogP) is 4.63. The molecule has 1 aliphatic heterocycles. The van der Waals surface area contributed by atoms with Gasteiger partial charge in [-0.3, -0.25) is 0 Å². The van der Waals surface area contributed by atoms with E-state index in [0.29, 0.717) is 5.75 Å². The van der Waals surface area contributed by atoms with Gasteiger partial charge in [0.05, 0.1) is 12.1 Å². The van der Waals surface area contributed by atoms with Gasteiger partial charge in [-0.1, -0.05) is 24.3 Å². The number of ether oxygens (including phenoxy) is 2. The fourth-order valence-corrected chi connectivity index (χ4v) is 3.13. The van der Waals surface area contributed by atoms with Gasteiger partial charge in [0, 0.05) is 12.4 Å². The van der Waals surface area contributed by atoms with Crippen molar-refractivity contribution in [3.8, 4) is 11.5 Å². The van der Waals surface area contributed by atoms with Crippen LogP contribution in [0.15, 0.2) is 52.9 Å². The first-order chi connectivity index (χ1) is 13.0. The Hall–Kier alpha value is -3.15. The maximum atomic E-state index is 12.7. The van der Waals surface area contributed by atoms with Crippen LogP contribution in [-0.4, -0.2) is 24.8 Å². The van der Waals surface area contributed by atoms with E-state index in [1.54, 1.807) is 11.9 Å². The summed E-state index contributed by atoms with van der Waals surface area (Å²) in [6.45, 7) is 4.12. The van der Waals surface area contributed by atoms with E-state index in [0.717, 1.165) is 28.0 Å². The van der Waals surface area contributed by atoms with E-state index in [1.165, 1.54) is 0 Å². The standard InChI is InChI=1S/C21H22N2O4/c1-13(15-8-9-18-20(10-15)26-12-25-18)22-21(24)23(3)14(2)19-11-16-6-4-5-7-17(16)27-19/h4-11,13-14H,12H2,1-3H3,(H,22,24). The minimum absolute atomic E-state index is 0.169. The molecule has 3 aromatic rings. The number of rotatable bonds is 4. The Balaban J connectivity index is 1.45. The normalized spacial score (nSPS) is 14.8. The van der Waals surface area contributed by atoms with Crippen molar-refractivity contribution >= 4 is 17.0 Å². The van der Waals surface area contributed by atoms with Crippen molar-refractivity contribution in [1.29, 1.82) is 0 Å². The lowest BCUT2D eigenvalue weighted by atomic mass is 10.1. The topological polar surface area (TPSA) is 63.9 Å². The van der Waals surface area contributed by atoms with Gasteiger partial charge in [-0.2, -0.15) is 0 Å². The number of benzene rings is 2. The molecule has 0 saturated carbocycles. The Morgan fingerprint density at radius 2 is 1.85 bits per heavy atom. The molecular weight excluding hydrogens is 344 g/mol. The van der Waals surface area contributed by atoms with Crippen LogP contribution >= 0.6 is 0 Å². The molecule has 0 radical (unpaired) electrons. The molecule has 6 nitrogen and oxygen atoms in total. The van der Waals surface area contributed by atoms with Crippen LogP contribution in [-0.2, 0) is 0 Å². The van der Waals surface area contributed by atoms with Gasteiger partial charge in [0.15, 0.2) is 11.5 Å². The summed E-state index contributed by atoms with van der Waals surface area (Å²) in [6.07, 6.45) is 0. The second kappa shape index (κ2) is 6.87. The van der Waals surface area contributed by atoms with E-state index in [4.69, 9.17) is 13.9 Å². The summed E-state index contributed by atoms with van der Waals surface area (Å²) in [4.78, 5) is 14.3. The summed E-state index contributed by atoms with van der Waals surface area (Å²) >= 11 is 0. The maximum absolute atomic E-state index is 12.7. The summed E-state index contributed by atoms with van der Waals surface area (Å²) in [5, 5.41) is 4.05. The van der Waals surface area contributed by atoms with E-state index < -0.39 is 0 Å². The molecule has 0 saturated heterocycles. The van der Waals surface area contributed by atoms with Crippen LogP contribution in [0.3, 0.4) is 0 Å². The Kier molecular flexibility index (Phi) is 4.39. The van der Waals surface area contributed by atoms with Gasteiger partial charge in [0.2, 0.25) is 6.79 Å². The van der Waals surface area contributed by atoms with Crippen LogP contribution in [0.5, 0.6) is 11.5 Å². The van der Waals surface area contributed by atoms with E-state index in [-0.39, 0.29) is 24.9 Å². The molecule has 2 atom stereocenters. The average Bonchev–Trinajstić information content (AvgIpc) is 3.32. The molecule has 2 aromatic carbocycles. The van der Waals surface area contributed by atoms with E-state index in [2.05, 4.69) is 5.32 Å². The Bertz CT molecular complexity index is 948. The largest absolute Gasteiger partial charge is 0.459 e. The van der Waals surface area contributed by atoms with Crippen molar-refractivity contribution in [2.45, 2.75) is 25.9 Å². The van der Waals surface area contributed by atoms with Gasteiger partial charge in [0.1, 0.15) is 11.3 Å². The molecule has 1 aliphatic rings. The Labute approximate surface area is 157 Å². The Morgan fingerprint density at radius 1 is 1.07 bits per heavy atom. The quantitative estimate of drug-likeness (QED) is 0.731. The van der Waals surface area contributed by atoms with Crippen molar-refractivity contribution in [2.24, 2.45) is 0 Å².